The Hall–Kier alpha value is -1.97. The van der Waals surface area contributed by atoms with Crippen LogP contribution in [0.3, 0.4) is 0 Å². The second-order valence-corrected chi connectivity index (χ2v) is 8.60. The number of nitrogens with zero attached hydrogens (tertiary/aromatic N) is 4. The maximum Gasteiger partial charge on any atom is 0.243 e. The number of benzene rings is 1. The zero-order valence-electron chi connectivity index (χ0n) is 14.4. The number of hydrogen-bond acceptors (Lipinski definition) is 6. The van der Waals surface area contributed by atoms with E-state index >= 15 is 0 Å². The topological polar surface area (TPSA) is 103 Å². The van der Waals surface area contributed by atoms with Crippen LogP contribution in [0, 0.1) is 5.41 Å². The van der Waals surface area contributed by atoms with E-state index in [1.54, 1.807) is 36.0 Å². The Kier molecular flexibility index (Phi) is 4.81. The molecule has 2 aromatic rings. The molecule has 0 aliphatic carbocycles. The Bertz CT molecular complexity index is 834. The second-order valence-electron chi connectivity index (χ2n) is 6.66. The fourth-order valence-corrected chi connectivity index (χ4v) is 4.40. The van der Waals surface area contributed by atoms with Crippen LogP contribution >= 0.6 is 0 Å². The largest absolute Gasteiger partial charge is 0.486 e. The standard InChI is InChI=1S/C16H23N5O3S/c1-16(10-17)7-8-21(11-16)25(22,23)14-5-3-13(4-6-14)24-9-15-18-12-19-20(15)2/h3-6,12H,7-11,17H2,1-2H3. The predicted octanol–water partition coefficient (Wildman–Crippen LogP) is 0.754. The summed E-state index contributed by atoms with van der Waals surface area (Å²) in [5.41, 5.74) is 5.62. The van der Waals surface area contributed by atoms with Crippen molar-refractivity contribution in [1.29, 1.82) is 0 Å². The number of hydrogen-bond donors (Lipinski definition) is 1. The normalized spacial score (nSPS) is 21.6. The lowest BCUT2D eigenvalue weighted by atomic mass is 9.90. The summed E-state index contributed by atoms with van der Waals surface area (Å²) < 4.78 is 34.3. The van der Waals surface area contributed by atoms with Crippen LogP contribution < -0.4 is 10.5 Å². The van der Waals surface area contributed by atoms with E-state index in [2.05, 4.69) is 10.1 Å². The third-order valence-corrected chi connectivity index (χ3v) is 6.51. The highest BCUT2D eigenvalue weighted by Gasteiger charge is 2.38. The lowest BCUT2D eigenvalue weighted by molar-refractivity contribution is 0.289. The third-order valence-electron chi connectivity index (χ3n) is 4.65. The van der Waals surface area contributed by atoms with Gasteiger partial charge in [0.05, 0.1) is 4.90 Å². The van der Waals surface area contributed by atoms with E-state index in [9.17, 15) is 8.42 Å². The molecular weight excluding hydrogens is 342 g/mol. The van der Waals surface area contributed by atoms with Gasteiger partial charge in [-0.1, -0.05) is 6.92 Å². The van der Waals surface area contributed by atoms with E-state index < -0.39 is 10.0 Å². The summed E-state index contributed by atoms with van der Waals surface area (Å²) in [6, 6.07) is 6.45. The Morgan fingerprint density at radius 2 is 2.04 bits per heavy atom. The van der Waals surface area contributed by atoms with Crippen LogP contribution in [0.25, 0.3) is 0 Å². The van der Waals surface area contributed by atoms with Gasteiger partial charge in [-0.25, -0.2) is 13.4 Å². The van der Waals surface area contributed by atoms with Crippen LogP contribution in [0.1, 0.15) is 19.2 Å². The lowest BCUT2D eigenvalue weighted by Crippen LogP contribution is -2.34. The molecule has 1 atom stereocenters. The fourth-order valence-electron chi connectivity index (χ4n) is 2.81. The van der Waals surface area contributed by atoms with Crippen molar-refractivity contribution in [2.45, 2.75) is 24.8 Å². The zero-order chi connectivity index (χ0) is 18.1. The molecular formula is C16H23N5O3S. The van der Waals surface area contributed by atoms with Crippen molar-refractivity contribution in [3.05, 3.63) is 36.4 Å². The fraction of sp³-hybridized carbons (Fsp3) is 0.500. The molecule has 1 aliphatic rings. The first-order valence-electron chi connectivity index (χ1n) is 8.10. The number of ether oxygens (including phenoxy) is 1. The third kappa shape index (κ3) is 3.68. The minimum Gasteiger partial charge on any atom is -0.486 e. The van der Waals surface area contributed by atoms with Gasteiger partial charge in [-0.05, 0) is 42.6 Å². The van der Waals surface area contributed by atoms with Gasteiger partial charge in [-0.3, -0.25) is 4.68 Å². The van der Waals surface area contributed by atoms with E-state index in [1.807, 2.05) is 6.92 Å². The summed E-state index contributed by atoms with van der Waals surface area (Å²) in [6.07, 6.45) is 2.24. The average molecular weight is 365 g/mol. The first kappa shape index (κ1) is 17.8. The summed E-state index contributed by atoms with van der Waals surface area (Å²) in [5, 5.41) is 3.97. The van der Waals surface area contributed by atoms with Crippen molar-refractivity contribution in [1.82, 2.24) is 19.1 Å². The molecule has 1 fully saturated rings. The van der Waals surface area contributed by atoms with Gasteiger partial charge < -0.3 is 10.5 Å². The number of nitrogens with two attached hydrogens (primary N) is 1. The molecule has 3 rings (SSSR count). The highest BCUT2D eigenvalue weighted by molar-refractivity contribution is 7.89. The molecule has 136 valence electrons. The van der Waals surface area contributed by atoms with Crippen LogP contribution in [-0.4, -0.2) is 47.1 Å². The molecule has 8 nitrogen and oxygen atoms in total. The Labute approximate surface area is 147 Å². The van der Waals surface area contributed by atoms with Crippen molar-refractivity contribution in [3.63, 3.8) is 0 Å². The van der Waals surface area contributed by atoms with Gasteiger partial charge in [0.15, 0.2) is 5.82 Å². The van der Waals surface area contributed by atoms with Gasteiger partial charge in [0.25, 0.3) is 0 Å². The molecule has 1 aromatic heterocycles. The van der Waals surface area contributed by atoms with Gasteiger partial charge >= 0.3 is 0 Å². The molecule has 1 saturated heterocycles. The highest BCUT2D eigenvalue weighted by Crippen LogP contribution is 2.32. The van der Waals surface area contributed by atoms with Crippen molar-refractivity contribution in [2.75, 3.05) is 19.6 Å². The van der Waals surface area contributed by atoms with E-state index in [-0.39, 0.29) is 16.9 Å². The van der Waals surface area contributed by atoms with E-state index in [4.69, 9.17) is 10.5 Å². The summed E-state index contributed by atoms with van der Waals surface area (Å²) in [4.78, 5) is 4.34. The first-order chi connectivity index (χ1) is 11.8. The van der Waals surface area contributed by atoms with Crippen LogP contribution in [0.5, 0.6) is 5.75 Å². The molecule has 9 heteroatoms. The molecule has 2 N–H and O–H groups in total. The maximum absolute atomic E-state index is 12.8. The molecule has 0 radical (unpaired) electrons. The minimum atomic E-state index is -3.51. The number of rotatable bonds is 6. The van der Waals surface area contributed by atoms with Crippen LogP contribution in [0.15, 0.2) is 35.5 Å². The van der Waals surface area contributed by atoms with E-state index in [1.165, 1.54) is 10.6 Å². The smallest absolute Gasteiger partial charge is 0.243 e. The quantitative estimate of drug-likeness (QED) is 0.810. The molecule has 0 spiro atoms. The average Bonchev–Trinajstić information content (AvgIpc) is 3.20. The monoisotopic (exact) mass is 365 g/mol. The zero-order valence-corrected chi connectivity index (χ0v) is 15.2. The SMILES string of the molecule is Cn1ncnc1COc1ccc(S(=O)(=O)N2CCC(C)(CN)C2)cc1. The molecule has 0 saturated carbocycles. The Balaban J connectivity index is 1.68. The number of aromatic nitrogens is 3. The van der Waals surface area contributed by atoms with Gasteiger partial charge in [-0.15, -0.1) is 0 Å². The highest BCUT2D eigenvalue weighted by atomic mass is 32.2. The Morgan fingerprint density at radius 1 is 1.32 bits per heavy atom. The molecule has 2 heterocycles. The first-order valence-corrected chi connectivity index (χ1v) is 9.54. The number of aryl methyl sites for hydroxylation is 1. The summed E-state index contributed by atoms with van der Waals surface area (Å²) >= 11 is 0. The molecule has 25 heavy (non-hydrogen) atoms. The van der Waals surface area contributed by atoms with Crippen molar-refractivity contribution in [2.24, 2.45) is 18.2 Å². The summed E-state index contributed by atoms with van der Waals surface area (Å²) in [7, 11) is -1.72. The van der Waals surface area contributed by atoms with Gasteiger partial charge in [0, 0.05) is 20.1 Å². The molecule has 1 aliphatic heterocycles. The predicted molar refractivity (Wildman–Crippen MR) is 92.3 cm³/mol. The maximum atomic E-state index is 12.8. The van der Waals surface area contributed by atoms with Crippen LogP contribution in [-0.2, 0) is 23.7 Å². The lowest BCUT2D eigenvalue weighted by Gasteiger charge is -2.22. The Morgan fingerprint density at radius 3 is 2.60 bits per heavy atom. The van der Waals surface area contributed by atoms with Gasteiger partial charge in [0.2, 0.25) is 10.0 Å². The van der Waals surface area contributed by atoms with Gasteiger partial charge in [0.1, 0.15) is 18.7 Å². The molecule has 1 aromatic carbocycles. The van der Waals surface area contributed by atoms with E-state index in [0.29, 0.717) is 31.2 Å². The van der Waals surface area contributed by atoms with Crippen molar-refractivity contribution in [3.8, 4) is 5.75 Å². The van der Waals surface area contributed by atoms with Crippen LogP contribution in [0.4, 0.5) is 0 Å². The molecule has 1 unspecified atom stereocenters. The van der Waals surface area contributed by atoms with Crippen LogP contribution in [0.2, 0.25) is 0 Å². The second kappa shape index (κ2) is 6.74. The molecule has 0 amide bonds. The molecule has 0 bridgehead atoms. The number of sulfonamides is 1. The van der Waals surface area contributed by atoms with Crippen molar-refractivity contribution < 1.29 is 13.2 Å². The van der Waals surface area contributed by atoms with E-state index in [0.717, 1.165) is 6.42 Å². The summed E-state index contributed by atoms with van der Waals surface area (Å²) in [5.74, 6) is 1.27. The van der Waals surface area contributed by atoms with Gasteiger partial charge in [-0.2, -0.15) is 9.40 Å². The summed E-state index contributed by atoms with van der Waals surface area (Å²) in [6.45, 7) is 3.72. The minimum absolute atomic E-state index is 0.147. The van der Waals surface area contributed by atoms with Crippen molar-refractivity contribution >= 4 is 10.0 Å².